The number of likely N-dealkylation sites (N-methyl/N-ethyl adjacent to an activating group) is 1. The number of nitrogens with one attached hydrogen (secondary N) is 2. The third-order valence-corrected chi connectivity index (χ3v) is 3.00. The molecule has 2 rings (SSSR count). The lowest BCUT2D eigenvalue weighted by Crippen LogP contribution is -2.30. The van der Waals surface area contributed by atoms with Crippen LogP contribution in [0, 0.1) is 0 Å². The number of rotatable bonds is 6. The molecule has 0 spiro atoms. The molecule has 0 aliphatic carbocycles. The molecular formula is C14H21N3O2. The molecule has 1 aliphatic rings. The second kappa shape index (κ2) is 6.54. The van der Waals surface area contributed by atoms with Crippen molar-refractivity contribution in [3.63, 3.8) is 0 Å². The van der Waals surface area contributed by atoms with E-state index in [2.05, 4.69) is 15.5 Å². The zero-order chi connectivity index (χ0) is 13.7. The van der Waals surface area contributed by atoms with Gasteiger partial charge in [-0.05, 0) is 32.3 Å². The van der Waals surface area contributed by atoms with Crippen molar-refractivity contribution >= 4 is 11.5 Å². The fraction of sp³-hybridized carbons (Fsp3) is 0.500. The summed E-state index contributed by atoms with van der Waals surface area (Å²) in [6.07, 6.45) is 0. The van der Waals surface area contributed by atoms with E-state index in [1.807, 2.05) is 32.3 Å². The van der Waals surface area contributed by atoms with Crippen LogP contribution < -0.4 is 15.4 Å². The summed E-state index contributed by atoms with van der Waals surface area (Å²) in [5.74, 6) is 0.928. The molecule has 0 atom stereocenters. The van der Waals surface area contributed by atoms with Crippen LogP contribution in [0.5, 0.6) is 5.75 Å². The largest absolute Gasteiger partial charge is 0.490 e. The van der Waals surface area contributed by atoms with Gasteiger partial charge >= 0.3 is 0 Å². The van der Waals surface area contributed by atoms with E-state index in [-0.39, 0.29) is 5.78 Å². The molecule has 0 aromatic heterocycles. The molecule has 1 aromatic carbocycles. The van der Waals surface area contributed by atoms with Gasteiger partial charge < -0.3 is 20.3 Å². The van der Waals surface area contributed by atoms with Crippen LogP contribution in [0.2, 0.25) is 0 Å². The van der Waals surface area contributed by atoms with Crippen molar-refractivity contribution in [2.24, 2.45) is 0 Å². The Balaban J connectivity index is 1.88. The van der Waals surface area contributed by atoms with E-state index in [1.54, 1.807) is 0 Å². The Morgan fingerprint density at radius 3 is 3.11 bits per heavy atom. The molecule has 0 fully saturated rings. The van der Waals surface area contributed by atoms with Crippen molar-refractivity contribution in [3.05, 3.63) is 23.8 Å². The topological polar surface area (TPSA) is 53.6 Å². The van der Waals surface area contributed by atoms with Crippen molar-refractivity contribution in [1.29, 1.82) is 0 Å². The summed E-state index contributed by atoms with van der Waals surface area (Å²) >= 11 is 0. The highest BCUT2D eigenvalue weighted by Gasteiger charge is 2.13. The minimum atomic E-state index is 0.105. The van der Waals surface area contributed by atoms with Crippen LogP contribution in [0.4, 0.5) is 5.69 Å². The van der Waals surface area contributed by atoms with Crippen LogP contribution in [0.1, 0.15) is 10.4 Å². The van der Waals surface area contributed by atoms with Gasteiger partial charge in [0.15, 0.2) is 5.78 Å². The van der Waals surface area contributed by atoms with Gasteiger partial charge in [-0.2, -0.15) is 0 Å². The van der Waals surface area contributed by atoms with Gasteiger partial charge in [0.05, 0.1) is 12.2 Å². The molecule has 0 saturated carbocycles. The summed E-state index contributed by atoms with van der Waals surface area (Å²) in [7, 11) is 4.03. The Labute approximate surface area is 113 Å². The van der Waals surface area contributed by atoms with E-state index >= 15 is 0 Å². The van der Waals surface area contributed by atoms with Crippen LogP contribution in [-0.2, 0) is 0 Å². The molecule has 104 valence electrons. The standard InChI is InChI=1S/C14H21N3O2/c1-17(2)7-5-15-10-13(18)11-3-4-14-12(9-11)16-6-8-19-14/h3-4,9,15-16H,5-8,10H2,1-2H3. The molecule has 5 heteroatoms. The molecule has 5 nitrogen and oxygen atoms in total. The lowest BCUT2D eigenvalue weighted by Gasteiger charge is -2.19. The van der Waals surface area contributed by atoms with E-state index in [0.29, 0.717) is 18.7 Å². The Bertz CT molecular complexity index is 446. The zero-order valence-corrected chi connectivity index (χ0v) is 11.5. The first-order chi connectivity index (χ1) is 9.16. The first kappa shape index (κ1) is 13.8. The van der Waals surface area contributed by atoms with E-state index in [1.165, 1.54) is 0 Å². The highest BCUT2D eigenvalue weighted by Crippen LogP contribution is 2.27. The molecule has 0 amide bonds. The van der Waals surface area contributed by atoms with Gasteiger partial charge in [-0.25, -0.2) is 0 Å². The molecule has 0 unspecified atom stereocenters. The van der Waals surface area contributed by atoms with Crippen molar-refractivity contribution < 1.29 is 9.53 Å². The summed E-state index contributed by atoms with van der Waals surface area (Å²) < 4.78 is 5.49. The van der Waals surface area contributed by atoms with Crippen LogP contribution in [0.15, 0.2) is 18.2 Å². The quantitative estimate of drug-likeness (QED) is 0.588. The van der Waals surface area contributed by atoms with Gasteiger partial charge in [0.25, 0.3) is 0 Å². The zero-order valence-electron chi connectivity index (χ0n) is 11.5. The number of ether oxygens (including phenoxy) is 1. The first-order valence-electron chi connectivity index (χ1n) is 6.56. The maximum atomic E-state index is 12.0. The highest BCUT2D eigenvalue weighted by molar-refractivity contribution is 5.98. The number of ketones is 1. The molecular weight excluding hydrogens is 242 g/mol. The average Bonchev–Trinajstić information content (AvgIpc) is 2.42. The Kier molecular flexibility index (Phi) is 4.76. The van der Waals surface area contributed by atoms with E-state index in [9.17, 15) is 4.79 Å². The second-order valence-corrected chi connectivity index (χ2v) is 4.89. The fourth-order valence-electron chi connectivity index (χ4n) is 1.92. The monoisotopic (exact) mass is 263 g/mol. The lowest BCUT2D eigenvalue weighted by molar-refractivity contribution is 0.0990. The van der Waals surface area contributed by atoms with Crippen molar-refractivity contribution in [2.75, 3.05) is 52.2 Å². The van der Waals surface area contributed by atoms with Crippen LogP contribution in [0.3, 0.4) is 0 Å². The number of carbonyl (C=O) groups excluding carboxylic acids is 1. The maximum absolute atomic E-state index is 12.0. The third kappa shape index (κ3) is 3.94. The fourth-order valence-corrected chi connectivity index (χ4v) is 1.92. The summed E-state index contributed by atoms with van der Waals surface area (Å²) in [6, 6.07) is 5.54. The molecule has 2 N–H and O–H groups in total. The molecule has 1 heterocycles. The molecule has 0 saturated heterocycles. The average molecular weight is 263 g/mol. The predicted octanol–water partition coefficient (Wildman–Crippen LogP) is 0.825. The SMILES string of the molecule is CN(C)CCNCC(=O)c1ccc2c(c1)NCCO2. The molecule has 0 radical (unpaired) electrons. The third-order valence-electron chi connectivity index (χ3n) is 3.00. The van der Waals surface area contributed by atoms with E-state index in [0.717, 1.165) is 31.1 Å². The number of Topliss-reactive ketones (excluding diaryl/α,β-unsaturated/α-hetero) is 1. The van der Waals surface area contributed by atoms with Gasteiger partial charge in [-0.3, -0.25) is 4.79 Å². The minimum Gasteiger partial charge on any atom is -0.490 e. The van der Waals surface area contributed by atoms with Crippen LogP contribution >= 0.6 is 0 Å². The Hall–Kier alpha value is -1.59. The number of fused-ring (bicyclic) bond motifs is 1. The molecule has 1 aliphatic heterocycles. The molecule has 1 aromatic rings. The number of benzene rings is 1. The molecule has 19 heavy (non-hydrogen) atoms. The van der Waals surface area contributed by atoms with Gasteiger partial charge in [-0.1, -0.05) is 0 Å². The normalized spacial score (nSPS) is 13.6. The Morgan fingerprint density at radius 1 is 1.47 bits per heavy atom. The number of anilines is 1. The van der Waals surface area contributed by atoms with Crippen molar-refractivity contribution in [3.8, 4) is 5.75 Å². The first-order valence-corrected chi connectivity index (χ1v) is 6.56. The summed E-state index contributed by atoms with van der Waals surface area (Å²) in [5, 5.41) is 6.39. The summed E-state index contributed by atoms with van der Waals surface area (Å²) in [4.78, 5) is 14.1. The number of carbonyl (C=O) groups is 1. The summed E-state index contributed by atoms with van der Waals surface area (Å²) in [5.41, 5.74) is 1.62. The number of hydrogen-bond donors (Lipinski definition) is 2. The van der Waals surface area contributed by atoms with Gasteiger partial charge in [0.1, 0.15) is 12.4 Å². The highest BCUT2D eigenvalue weighted by atomic mass is 16.5. The Morgan fingerprint density at radius 2 is 2.32 bits per heavy atom. The maximum Gasteiger partial charge on any atom is 0.176 e. The smallest absolute Gasteiger partial charge is 0.176 e. The summed E-state index contributed by atoms with van der Waals surface area (Å²) in [6.45, 7) is 3.56. The van der Waals surface area contributed by atoms with E-state index < -0.39 is 0 Å². The van der Waals surface area contributed by atoms with Crippen molar-refractivity contribution in [1.82, 2.24) is 10.2 Å². The van der Waals surface area contributed by atoms with Crippen LogP contribution in [-0.4, -0.2) is 57.6 Å². The number of hydrogen-bond acceptors (Lipinski definition) is 5. The van der Waals surface area contributed by atoms with Crippen LogP contribution in [0.25, 0.3) is 0 Å². The minimum absolute atomic E-state index is 0.105. The second-order valence-electron chi connectivity index (χ2n) is 4.89. The lowest BCUT2D eigenvalue weighted by atomic mass is 10.1. The predicted molar refractivity (Wildman–Crippen MR) is 76.2 cm³/mol. The van der Waals surface area contributed by atoms with E-state index in [4.69, 9.17) is 4.74 Å². The van der Waals surface area contributed by atoms with Crippen molar-refractivity contribution in [2.45, 2.75) is 0 Å². The number of nitrogens with zero attached hydrogens (tertiary/aromatic N) is 1. The van der Waals surface area contributed by atoms with Gasteiger partial charge in [-0.15, -0.1) is 0 Å². The van der Waals surface area contributed by atoms with Gasteiger partial charge in [0, 0.05) is 25.2 Å². The van der Waals surface area contributed by atoms with Gasteiger partial charge in [0.2, 0.25) is 0 Å². The molecule has 0 bridgehead atoms.